The molecule has 7 nitrogen and oxygen atoms in total. The number of para-hydroxylation sites is 1. The fraction of sp³-hybridized carbons (Fsp3) is 0.0909. The minimum absolute atomic E-state index is 0.00792. The van der Waals surface area contributed by atoms with E-state index in [0.717, 1.165) is 0 Å². The number of carboxylic acid groups (broad SMARTS) is 2. The molecule has 3 N–H and O–H groups in total. The minimum Gasteiger partial charge on any atom is -0.478 e. The Kier molecular flexibility index (Phi) is 6.17. The number of aromatic carboxylic acids is 2. The standard InChI is InChI=1S/C22H19NO6S/c24-21(25)17-11-13-18(14-12-17)30(28,29)23-20-8-4-2-6-16(20)10-9-15-5-1-3-7-19(15)22(26)27/h1-8,11-14,23H,9-10H2,(H,24,25)(H,26,27). The van der Waals surface area contributed by atoms with Crippen LogP contribution in [0.2, 0.25) is 0 Å². The lowest BCUT2D eigenvalue weighted by atomic mass is 9.99. The molecule has 0 unspecified atom stereocenters. The van der Waals surface area contributed by atoms with E-state index in [2.05, 4.69) is 4.72 Å². The number of anilines is 1. The highest BCUT2D eigenvalue weighted by molar-refractivity contribution is 7.92. The van der Waals surface area contributed by atoms with E-state index < -0.39 is 22.0 Å². The topological polar surface area (TPSA) is 121 Å². The summed E-state index contributed by atoms with van der Waals surface area (Å²) < 4.78 is 28.0. The van der Waals surface area contributed by atoms with Crippen LogP contribution in [0.3, 0.4) is 0 Å². The van der Waals surface area contributed by atoms with Crippen LogP contribution in [0.15, 0.2) is 77.7 Å². The summed E-state index contributed by atoms with van der Waals surface area (Å²) in [6, 6.07) is 18.5. The highest BCUT2D eigenvalue weighted by Gasteiger charge is 2.17. The lowest BCUT2D eigenvalue weighted by Gasteiger charge is -2.13. The van der Waals surface area contributed by atoms with Crippen LogP contribution in [-0.2, 0) is 22.9 Å². The second kappa shape index (κ2) is 8.79. The van der Waals surface area contributed by atoms with Gasteiger partial charge < -0.3 is 10.2 Å². The van der Waals surface area contributed by atoms with Crippen LogP contribution in [-0.4, -0.2) is 30.6 Å². The largest absolute Gasteiger partial charge is 0.478 e. The van der Waals surface area contributed by atoms with Crippen LogP contribution >= 0.6 is 0 Å². The lowest BCUT2D eigenvalue weighted by molar-refractivity contribution is 0.0685. The van der Waals surface area contributed by atoms with Crippen molar-refractivity contribution in [3.05, 3.63) is 95.1 Å². The Hall–Kier alpha value is -3.65. The third-order valence-electron chi connectivity index (χ3n) is 4.58. The van der Waals surface area contributed by atoms with Crippen molar-refractivity contribution in [1.29, 1.82) is 0 Å². The van der Waals surface area contributed by atoms with Gasteiger partial charge in [0.05, 0.1) is 21.7 Å². The van der Waals surface area contributed by atoms with Crippen LogP contribution in [0.25, 0.3) is 0 Å². The van der Waals surface area contributed by atoms with Gasteiger partial charge in [0.25, 0.3) is 10.0 Å². The zero-order chi connectivity index (χ0) is 21.7. The van der Waals surface area contributed by atoms with Gasteiger partial charge in [0.2, 0.25) is 0 Å². The molecule has 3 aromatic carbocycles. The fourth-order valence-corrected chi connectivity index (χ4v) is 4.14. The molecular weight excluding hydrogens is 406 g/mol. The van der Waals surface area contributed by atoms with Crippen molar-refractivity contribution >= 4 is 27.6 Å². The van der Waals surface area contributed by atoms with Gasteiger partial charge in [-0.05, 0) is 60.4 Å². The first-order chi connectivity index (χ1) is 14.3. The molecule has 30 heavy (non-hydrogen) atoms. The Morgan fingerprint density at radius 2 is 1.30 bits per heavy atom. The molecule has 3 rings (SSSR count). The lowest BCUT2D eigenvalue weighted by Crippen LogP contribution is -2.15. The maximum Gasteiger partial charge on any atom is 0.335 e. The monoisotopic (exact) mass is 425 g/mol. The van der Waals surface area contributed by atoms with Gasteiger partial charge in [0.1, 0.15) is 0 Å². The molecule has 0 amide bonds. The summed E-state index contributed by atoms with van der Waals surface area (Å²) in [6.45, 7) is 0. The summed E-state index contributed by atoms with van der Waals surface area (Å²) in [7, 11) is -3.92. The van der Waals surface area contributed by atoms with E-state index in [9.17, 15) is 23.1 Å². The number of hydrogen-bond acceptors (Lipinski definition) is 4. The highest BCUT2D eigenvalue weighted by Crippen LogP contribution is 2.23. The van der Waals surface area contributed by atoms with E-state index in [-0.39, 0.29) is 16.0 Å². The van der Waals surface area contributed by atoms with Gasteiger partial charge in [-0.2, -0.15) is 0 Å². The summed E-state index contributed by atoms with van der Waals surface area (Å²) in [5, 5.41) is 18.3. The molecule has 0 radical (unpaired) electrons. The first-order valence-electron chi connectivity index (χ1n) is 9.03. The van der Waals surface area contributed by atoms with Crippen LogP contribution in [0, 0.1) is 0 Å². The van der Waals surface area contributed by atoms with E-state index in [1.54, 1.807) is 42.5 Å². The zero-order valence-corrected chi connectivity index (χ0v) is 16.6. The minimum atomic E-state index is -3.92. The number of carbonyl (C=O) groups is 2. The van der Waals surface area contributed by atoms with Gasteiger partial charge in [-0.3, -0.25) is 4.72 Å². The summed E-state index contributed by atoms with van der Waals surface area (Å²) in [5.74, 6) is -2.15. The molecule has 0 spiro atoms. The molecule has 0 fully saturated rings. The molecule has 154 valence electrons. The Morgan fingerprint density at radius 1 is 0.733 bits per heavy atom. The molecule has 0 aliphatic carbocycles. The molecule has 0 heterocycles. The Balaban J connectivity index is 1.81. The number of rotatable bonds is 8. The van der Waals surface area contributed by atoms with Crippen molar-refractivity contribution < 1.29 is 28.2 Å². The van der Waals surface area contributed by atoms with Crippen LogP contribution in [0.1, 0.15) is 31.8 Å². The van der Waals surface area contributed by atoms with E-state index in [4.69, 9.17) is 5.11 Å². The predicted octanol–water partition coefficient (Wildman–Crippen LogP) is 3.67. The number of carboxylic acids is 2. The summed E-state index contributed by atoms with van der Waals surface area (Å²) >= 11 is 0. The van der Waals surface area contributed by atoms with Gasteiger partial charge in [-0.25, -0.2) is 18.0 Å². The molecule has 0 aliphatic rings. The second-order valence-electron chi connectivity index (χ2n) is 6.55. The van der Waals surface area contributed by atoms with Crippen molar-refractivity contribution in [3.8, 4) is 0 Å². The maximum absolute atomic E-state index is 12.7. The molecule has 0 aliphatic heterocycles. The van der Waals surface area contributed by atoms with Crippen LogP contribution < -0.4 is 4.72 Å². The summed E-state index contributed by atoms with van der Waals surface area (Å²) in [4.78, 5) is 22.3. The van der Waals surface area contributed by atoms with Gasteiger partial charge in [0.15, 0.2) is 0 Å². The van der Waals surface area contributed by atoms with Gasteiger partial charge in [-0.15, -0.1) is 0 Å². The smallest absolute Gasteiger partial charge is 0.335 e. The second-order valence-corrected chi connectivity index (χ2v) is 8.24. The zero-order valence-electron chi connectivity index (χ0n) is 15.8. The number of sulfonamides is 1. The molecule has 0 bridgehead atoms. The number of benzene rings is 3. The molecule has 8 heteroatoms. The van der Waals surface area contributed by atoms with E-state index in [0.29, 0.717) is 29.7 Å². The van der Waals surface area contributed by atoms with Crippen molar-refractivity contribution in [2.45, 2.75) is 17.7 Å². The van der Waals surface area contributed by atoms with Crippen molar-refractivity contribution in [3.63, 3.8) is 0 Å². The Labute approximate surface area is 173 Å². The van der Waals surface area contributed by atoms with E-state index in [1.165, 1.54) is 30.3 Å². The number of aryl methyl sites for hydroxylation is 2. The first kappa shape index (κ1) is 21.1. The molecule has 3 aromatic rings. The van der Waals surface area contributed by atoms with Gasteiger partial charge in [0, 0.05) is 0 Å². The molecule has 0 saturated heterocycles. The average Bonchev–Trinajstić information content (AvgIpc) is 2.73. The Bertz CT molecular complexity index is 1190. The van der Waals surface area contributed by atoms with Crippen molar-refractivity contribution in [2.24, 2.45) is 0 Å². The number of nitrogens with one attached hydrogen (secondary N) is 1. The van der Waals surface area contributed by atoms with E-state index >= 15 is 0 Å². The summed E-state index contributed by atoms with van der Waals surface area (Å²) in [5.41, 5.74) is 1.96. The molecule has 0 atom stereocenters. The van der Waals surface area contributed by atoms with Crippen LogP contribution in [0.5, 0.6) is 0 Å². The Morgan fingerprint density at radius 3 is 1.93 bits per heavy atom. The first-order valence-corrected chi connectivity index (χ1v) is 10.5. The predicted molar refractivity (Wildman–Crippen MR) is 111 cm³/mol. The van der Waals surface area contributed by atoms with E-state index in [1.807, 2.05) is 0 Å². The quantitative estimate of drug-likeness (QED) is 0.506. The number of hydrogen-bond donors (Lipinski definition) is 3. The third kappa shape index (κ3) is 4.84. The van der Waals surface area contributed by atoms with Crippen molar-refractivity contribution in [2.75, 3.05) is 4.72 Å². The maximum atomic E-state index is 12.7. The van der Waals surface area contributed by atoms with Crippen LogP contribution in [0.4, 0.5) is 5.69 Å². The van der Waals surface area contributed by atoms with Gasteiger partial charge in [-0.1, -0.05) is 36.4 Å². The van der Waals surface area contributed by atoms with Crippen molar-refractivity contribution in [1.82, 2.24) is 0 Å². The van der Waals surface area contributed by atoms with Gasteiger partial charge >= 0.3 is 11.9 Å². The normalized spacial score (nSPS) is 11.1. The SMILES string of the molecule is O=C(O)c1ccc(S(=O)(=O)Nc2ccccc2CCc2ccccc2C(=O)O)cc1. The molecular formula is C22H19NO6S. The average molecular weight is 425 g/mol. The fourth-order valence-electron chi connectivity index (χ4n) is 3.03. The molecule has 0 aromatic heterocycles. The highest BCUT2D eigenvalue weighted by atomic mass is 32.2. The third-order valence-corrected chi connectivity index (χ3v) is 5.97. The summed E-state index contributed by atoms with van der Waals surface area (Å²) in [6.07, 6.45) is 0.857. The molecule has 0 saturated carbocycles.